The molecule has 0 spiro atoms. The van der Waals surface area contributed by atoms with Crippen LogP contribution in [-0.4, -0.2) is 32.0 Å². The van der Waals surface area contributed by atoms with Crippen LogP contribution < -0.4 is 28.8 Å². The fourth-order valence-corrected chi connectivity index (χ4v) is 6.90. The number of pyridine rings is 1. The topological polar surface area (TPSA) is 65.7 Å². The summed E-state index contributed by atoms with van der Waals surface area (Å²) >= 11 is 5.22. The molecule has 7 nitrogen and oxygen atoms in total. The second-order valence-electron chi connectivity index (χ2n) is 10.0. The number of hydrogen-bond acceptors (Lipinski definition) is 7. The molecule has 0 fully saturated rings. The average molecular weight is 620 g/mol. The van der Waals surface area contributed by atoms with Crippen LogP contribution in [0.2, 0.25) is 0 Å². The Labute approximate surface area is 244 Å². The molecule has 2 aliphatic heterocycles. The summed E-state index contributed by atoms with van der Waals surface area (Å²) in [5.41, 5.74) is 4.70. The highest BCUT2D eigenvalue weighted by Crippen LogP contribution is 2.41. The lowest BCUT2D eigenvalue weighted by Crippen LogP contribution is -2.40. The van der Waals surface area contributed by atoms with Gasteiger partial charge in [0.1, 0.15) is 0 Å². The molecule has 4 heterocycles. The molecule has 3 aromatic carbocycles. The van der Waals surface area contributed by atoms with Gasteiger partial charge in [0.25, 0.3) is 0 Å². The van der Waals surface area contributed by atoms with E-state index < -0.39 is 0 Å². The van der Waals surface area contributed by atoms with Crippen LogP contribution in [0, 0.1) is 0 Å². The summed E-state index contributed by atoms with van der Waals surface area (Å²) in [5.74, 6) is 3.23. The fraction of sp³-hybridized carbons (Fsp3) is 0.290. The third-order valence-electron chi connectivity index (χ3n) is 7.49. The molecular formula is C31H29BrN3O4S+. The van der Waals surface area contributed by atoms with Gasteiger partial charge in [0.15, 0.2) is 40.9 Å². The number of unbranched alkanes of at least 4 members (excludes halogenated alkanes) is 2. The second-order valence-corrected chi connectivity index (χ2v) is 12.0. The largest absolute Gasteiger partial charge is 0.493 e. The number of benzene rings is 3. The van der Waals surface area contributed by atoms with Crippen LogP contribution in [-0.2, 0) is 13.0 Å². The molecule has 2 aliphatic rings. The van der Waals surface area contributed by atoms with Gasteiger partial charge in [-0.15, -0.1) is 0 Å². The first-order chi connectivity index (χ1) is 19.7. The van der Waals surface area contributed by atoms with Crippen LogP contribution in [0.1, 0.15) is 24.8 Å². The number of rotatable bonds is 9. The molecule has 0 radical (unpaired) electrons. The van der Waals surface area contributed by atoms with Crippen molar-refractivity contribution in [3.63, 3.8) is 0 Å². The Morgan fingerprint density at radius 1 is 1.05 bits per heavy atom. The van der Waals surface area contributed by atoms with Crippen LogP contribution >= 0.6 is 27.3 Å². The lowest BCUT2D eigenvalue weighted by Gasteiger charge is -2.18. The van der Waals surface area contributed by atoms with Gasteiger partial charge in [-0.2, -0.15) is 4.57 Å². The highest BCUT2D eigenvalue weighted by molar-refractivity contribution is 9.10. The van der Waals surface area contributed by atoms with Crippen molar-refractivity contribution in [2.75, 3.05) is 32.4 Å². The second kappa shape index (κ2) is 10.8. The van der Waals surface area contributed by atoms with Crippen molar-refractivity contribution in [1.82, 2.24) is 4.98 Å². The van der Waals surface area contributed by atoms with Gasteiger partial charge in [0.2, 0.25) is 12.5 Å². The smallest absolute Gasteiger partial charge is 0.231 e. The third kappa shape index (κ3) is 4.81. The molecule has 40 heavy (non-hydrogen) atoms. The summed E-state index contributed by atoms with van der Waals surface area (Å²) in [7, 11) is 1.70. The zero-order valence-corrected chi connectivity index (χ0v) is 24.6. The molecule has 204 valence electrons. The van der Waals surface area contributed by atoms with E-state index in [4.69, 9.17) is 18.9 Å². The summed E-state index contributed by atoms with van der Waals surface area (Å²) in [6.07, 6.45) is 6.23. The van der Waals surface area contributed by atoms with Crippen LogP contribution in [0.5, 0.6) is 23.0 Å². The zero-order chi connectivity index (χ0) is 27.1. The highest BCUT2D eigenvalue weighted by Gasteiger charge is 2.28. The number of nitrogens with one attached hydrogen (secondary N) is 1. The predicted molar refractivity (Wildman–Crippen MR) is 161 cm³/mol. The van der Waals surface area contributed by atoms with Gasteiger partial charge < -0.3 is 24.3 Å². The van der Waals surface area contributed by atoms with Crippen LogP contribution in [0.25, 0.3) is 32.2 Å². The monoisotopic (exact) mass is 618 g/mol. The van der Waals surface area contributed by atoms with Gasteiger partial charge in [-0.1, -0.05) is 27.3 Å². The van der Waals surface area contributed by atoms with E-state index >= 15 is 0 Å². The normalized spacial score (nSPS) is 13.3. The zero-order valence-electron chi connectivity index (χ0n) is 22.2. The van der Waals surface area contributed by atoms with Gasteiger partial charge >= 0.3 is 0 Å². The maximum atomic E-state index is 6.37. The van der Waals surface area contributed by atoms with Crippen molar-refractivity contribution in [2.24, 2.45) is 0 Å². The lowest BCUT2D eigenvalue weighted by molar-refractivity contribution is -0.686. The maximum Gasteiger partial charge on any atom is 0.231 e. The van der Waals surface area contributed by atoms with E-state index in [1.165, 1.54) is 21.5 Å². The van der Waals surface area contributed by atoms with Gasteiger partial charge in [0.05, 0.1) is 34.9 Å². The summed E-state index contributed by atoms with van der Waals surface area (Å²) in [5, 5.41) is 6.63. The lowest BCUT2D eigenvalue weighted by atomic mass is 9.95. The first-order valence-corrected chi connectivity index (χ1v) is 15.2. The Morgan fingerprint density at radius 2 is 1.95 bits per heavy atom. The van der Waals surface area contributed by atoms with E-state index in [2.05, 4.69) is 67.3 Å². The predicted octanol–water partition coefficient (Wildman–Crippen LogP) is 7.12. The number of halogens is 1. The first kappa shape index (κ1) is 25.4. The average Bonchev–Trinajstić information content (AvgIpc) is 3.60. The van der Waals surface area contributed by atoms with E-state index in [0.29, 0.717) is 6.61 Å². The van der Waals surface area contributed by atoms with E-state index in [1.807, 2.05) is 18.2 Å². The number of methoxy groups -OCH3 is 1. The maximum absolute atomic E-state index is 6.37. The van der Waals surface area contributed by atoms with Crippen molar-refractivity contribution in [2.45, 2.75) is 32.2 Å². The number of hydrogen-bond donors (Lipinski definition) is 1. The number of aromatic nitrogens is 2. The number of fused-ring (bicyclic) bond motifs is 6. The number of ether oxygens (including phenoxy) is 4. The standard InChI is InChI=1S/C31H29BrN3O4S/c1-36-26-8-5-19-13-25-22-16-28-27(38-18-39-28)14-20(22)9-11-35(25)17-23(19)30(26)37-12-4-2-3-10-33-31-34-24-7-6-21(32)15-29(24)40-31/h5-8,13-17H,2-4,9-12,18H2,1H3,(H,33,34)/q+1. The number of thiazole rings is 1. The summed E-state index contributed by atoms with van der Waals surface area (Å²) in [6.45, 7) is 2.71. The summed E-state index contributed by atoms with van der Waals surface area (Å²) in [4.78, 5) is 4.67. The Balaban J connectivity index is 1.01. The Kier molecular flexibility index (Phi) is 6.85. The molecule has 7 rings (SSSR count). The molecule has 0 unspecified atom stereocenters. The Hall–Kier alpha value is -3.56. The van der Waals surface area contributed by atoms with Crippen LogP contribution in [0.4, 0.5) is 5.13 Å². The van der Waals surface area contributed by atoms with Crippen molar-refractivity contribution in [1.29, 1.82) is 0 Å². The van der Waals surface area contributed by atoms with Gasteiger partial charge in [-0.3, -0.25) is 0 Å². The summed E-state index contributed by atoms with van der Waals surface area (Å²) in [6, 6.07) is 16.8. The first-order valence-electron chi connectivity index (χ1n) is 13.6. The molecule has 0 atom stereocenters. The Morgan fingerprint density at radius 3 is 2.85 bits per heavy atom. The van der Waals surface area contributed by atoms with E-state index in [1.54, 1.807) is 18.4 Å². The van der Waals surface area contributed by atoms with Crippen molar-refractivity contribution < 1.29 is 23.5 Å². The molecular weight excluding hydrogens is 590 g/mol. The van der Waals surface area contributed by atoms with Gasteiger partial charge in [-0.25, -0.2) is 4.98 Å². The molecule has 2 aromatic heterocycles. The third-order valence-corrected chi connectivity index (χ3v) is 8.96. The van der Waals surface area contributed by atoms with Gasteiger partial charge in [-0.05, 0) is 72.7 Å². The fourth-order valence-electron chi connectivity index (χ4n) is 5.45. The molecule has 1 N–H and O–H groups in total. The SMILES string of the molecule is COc1ccc2cc3[n+](cc2c1OCCCCCNc1nc2ccc(Br)cc2s1)CCc1cc2c(cc1-3)OCO2. The number of aryl methyl sites for hydroxylation is 2. The van der Waals surface area contributed by atoms with E-state index in [0.717, 1.165) is 87.7 Å². The van der Waals surface area contributed by atoms with Gasteiger partial charge in [0, 0.05) is 23.5 Å². The minimum absolute atomic E-state index is 0.286. The molecule has 0 aliphatic carbocycles. The van der Waals surface area contributed by atoms with Crippen molar-refractivity contribution >= 4 is 53.4 Å². The molecule has 9 heteroatoms. The van der Waals surface area contributed by atoms with Crippen molar-refractivity contribution in [3.8, 4) is 34.3 Å². The minimum Gasteiger partial charge on any atom is -0.493 e. The van der Waals surface area contributed by atoms with Crippen molar-refractivity contribution in [3.05, 3.63) is 64.8 Å². The Bertz CT molecular complexity index is 1740. The quantitative estimate of drug-likeness (QED) is 0.140. The van der Waals surface area contributed by atoms with Crippen LogP contribution in [0.3, 0.4) is 0 Å². The highest BCUT2D eigenvalue weighted by atomic mass is 79.9. The molecule has 0 saturated heterocycles. The molecule has 0 amide bonds. The number of anilines is 1. The minimum atomic E-state index is 0.286. The molecule has 0 bridgehead atoms. The van der Waals surface area contributed by atoms with E-state index in [-0.39, 0.29) is 6.79 Å². The molecule has 0 saturated carbocycles. The number of nitrogens with zero attached hydrogens (tertiary/aromatic N) is 2. The van der Waals surface area contributed by atoms with E-state index in [9.17, 15) is 0 Å². The molecule has 5 aromatic rings. The summed E-state index contributed by atoms with van der Waals surface area (Å²) < 4.78 is 27.9. The van der Waals surface area contributed by atoms with Crippen LogP contribution in [0.15, 0.2) is 59.2 Å².